The molecule has 0 saturated carbocycles. The molecule has 0 spiro atoms. The van der Waals surface area contributed by atoms with Gasteiger partial charge in [0.25, 0.3) is 0 Å². The highest BCUT2D eigenvalue weighted by Crippen LogP contribution is 2.26. The highest BCUT2D eigenvalue weighted by Gasteiger charge is 2.13. The third kappa shape index (κ3) is 8.32. The minimum Gasteiger partial charge on any atom is -0.478 e. The number of rotatable bonds is 8. The summed E-state index contributed by atoms with van der Waals surface area (Å²) in [5, 5.41) is 20.5. The average molecular weight is 409 g/mol. The van der Waals surface area contributed by atoms with Crippen LogP contribution in [0, 0.1) is 0 Å². The fraction of sp³-hybridized carbons (Fsp3) is 0.450. The van der Waals surface area contributed by atoms with E-state index >= 15 is 0 Å². The Bertz CT molecular complexity index is 713. The normalized spacial score (nSPS) is 12.6. The van der Waals surface area contributed by atoms with Gasteiger partial charge >= 0.3 is 5.97 Å². The van der Waals surface area contributed by atoms with Crippen LogP contribution in [0.25, 0.3) is 0 Å². The van der Waals surface area contributed by atoms with Gasteiger partial charge in [-0.3, -0.25) is 0 Å². The lowest BCUT2D eigenvalue weighted by Gasteiger charge is -2.09. The molecule has 148 valence electrons. The van der Waals surface area contributed by atoms with E-state index < -0.39 is 5.97 Å². The van der Waals surface area contributed by atoms with E-state index in [2.05, 4.69) is 37.7 Å². The summed E-state index contributed by atoms with van der Waals surface area (Å²) in [5.41, 5.74) is 1.21. The first kappa shape index (κ1) is 23.5. The fourth-order valence-electron chi connectivity index (χ4n) is 1.85. The first-order valence-corrected chi connectivity index (χ1v) is 10.7. The van der Waals surface area contributed by atoms with E-state index in [1.165, 1.54) is 11.8 Å². The van der Waals surface area contributed by atoms with Crippen molar-refractivity contribution in [1.82, 2.24) is 9.97 Å². The summed E-state index contributed by atoms with van der Waals surface area (Å²) in [6, 6.07) is 6.99. The van der Waals surface area contributed by atoms with Gasteiger partial charge in [0.05, 0.1) is 12.2 Å². The zero-order valence-electron chi connectivity index (χ0n) is 16.3. The van der Waals surface area contributed by atoms with Crippen LogP contribution in [-0.2, 0) is 6.61 Å². The molecule has 2 rings (SSSR count). The molecule has 7 heteroatoms. The number of carboxylic acid groups (broad SMARTS) is 1. The maximum absolute atomic E-state index is 10.8. The highest BCUT2D eigenvalue weighted by atomic mass is 32.2. The number of nitrogens with zero attached hydrogens (tertiary/aromatic N) is 2. The maximum Gasteiger partial charge on any atom is 0.338 e. The van der Waals surface area contributed by atoms with Crippen LogP contribution in [0.1, 0.15) is 56.5 Å². The van der Waals surface area contributed by atoms with Crippen LogP contribution < -0.4 is 0 Å². The molecule has 0 amide bonds. The van der Waals surface area contributed by atoms with Gasteiger partial charge in [-0.1, -0.05) is 33.8 Å². The first-order chi connectivity index (χ1) is 12.9. The zero-order valence-corrected chi connectivity index (χ0v) is 17.9. The van der Waals surface area contributed by atoms with Gasteiger partial charge in [0.2, 0.25) is 0 Å². The van der Waals surface area contributed by atoms with Crippen LogP contribution in [0.3, 0.4) is 0 Å². The predicted molar refractivity (Wildman–Crippen MR) is 113 cm³/mol. The van der Waals surface area contributed by atoms with E-state index in [4.69, 9.17) is 10.2 Å². The van der Waals surface area contributed by atoms with Gasteiger partial charge in [0.15, 0.2) is 0 Å². The molecule has 0 saturated heterocycles. The van der Waals surface area contributed by atoms with Crippen molar-refractivity contribution in [3.8, 4) is 0 Å². The fourth-order valence-corrected chi connectivity index (χ4v) is 3.75. The summed E-state index contributed by atoms with van der Waals surface area (Å²) in [7, 11) is 0. The number of aromatic carboxylic acids is 1. The molecule has 2 heterocycles. The summed E-state index contributed by atoms with van der Waals surface area (Å²) in [6.07, 6.45) is 5.51. The third-order valence-corrected chi connectivity index (χ3v) is 6.41. The van der Waals surface area contributed by atoms with E-state index in [9.17, 15) is 4.79 Å². The lowest BCUT2D eigenvalue weighted by molar-refractivity contribution is 0.0692. The summed E-state index contributed by atoms with van der Waals surface area (Å²) in [4.78, 5) is 19.1. The maximum atomic E-state index is 10.8. The molecule has 2 unspecified atom stereocenters. The zero-order chi connectivity index (χ0) is 20.2. The Hall–Kier alpha value is -1.57. The number of carbonyl (C=O) groups is 1. The summed E-state index contributed by atoms with van der Waals surface area (Å²) in [5.74, 6) is -0.913. The lowest BCUT2D eigenvalue weighted by Crippen LogP contribution is -2.03. The minimum atomic E-state index is -0.913. The van der Waals surface area contributed by atoms with Crippen molar-refractivity contribution >= 4 is 29.5 Å². The van der Waals surface area contributed by atoms with Gasteiger partial charge in [-0.25, -0.2) is 14.8 Å². The van der Waals surface area contributed by atoms with Crippen molar-refractivity contribution in [3.05, 3.63) is 47.8 Å². The Morgan fingerprint density at radius 3 is 2.04 bits per heavy atom. The summed E-state index contributed by atoms with van der Waals surface area (Å²) < 4.78 is 0. The summed E-state index contributed by atoms with van der Waals surface area (Å²) in [6.45, 7) is 8.53. The molecule has 0 aromatic carbocycles. The smallest absolute Gasteiger partial charge is 0.338 e. The standard InChI is InChI=1S/C10H13NO2S.C10H15NOS/c1-3-7(2)14-9-8(10(12)13)5-4-6-11-9;1-3-8(2)13-10-9(7-12)5-4-6-11-10/h4-7H,3H2,1-2H3,(H,12,13);4-6,8,12H,3,7H2,1-2H3. The van der Waals surface area contributed by atoms with Crippen LogP contribution in [0.2, 0.25) is 0 Å². The molecular formula is C20H28N2O3S2. The van der Waals surface area contributed by atoms with Crippen molar-refractivity contribution in [2.75, 3.05) is 0 Å². The Morgan fingerprint density at radius 1 is 1.00 bits per heavy atom. The van der Waals surface area contributed by atoms with Crippen molar-refractivity contribution in [1.29, 1.82) is 0 Å². The van der Waals surface area contributed by atoms with Crippen LogP contribution in [0.5, 0.6) is 0 Å². The molecule has 2 atom stereocenters. The van der Waals surface area contributed by atoms with E-state index in [1.807, 2.05) is 12.1 Å². The van der Waals surface area contributed by atoms with Crippen LogP contribution in [0.15, 0.2) is 46.7 Å². The molecule has 0 aliphatic rings. The van der Waals surface area contributed by atoms with Crippen LogP contribution in [0.4, 0.5) is 0 Å². The number of aliphatic hydroxyl groups is 1. The number of hydrogen-bond acceptors (Lipinski definition) is 6. The molecule has 0 aliphatic carbocycles. The SMILES string of the molecule is CCC(C)Sc1ncccc1C(=O)O.CCC(C)Sc1ncccc1CO. The quantitative estimate of drug-likeness (QED) is 0.585. The molecule has 2 aromatic rings. The molecule has 0 fully saturated rings. The molecule has 0 aliphatic heterocycles. The number of pyridine rings is 2. The van der Waals surface area contributed by atoms with E-state index in [-0.39, 0.29) is 12.2 Å². The number of carboxylic acids is 1. The van der Waals surface area contributed by atoms with Crippen molar-refractivity contribution < 1.29 is 15.0 Å². The Kier molecular flexibility index (Phi) is 11.1. The molecule has 0 radical (unpaired) electrons. The van der Waals surface area contributed by atoms with Gasteiger partial charge in [-0.05, 0) is 31.0 Å². The third-order valence-electron chi connectivity index (χ3n) is 3.80. The van der Waals surface area contributed by atoms with E-state index in [0.717, 1.165) is 23.4 Å². The molecule has 0 bridgehead atoms. The molecule has 2 aromatic heterocycles. The van der Waals surface area contributed by atoms with E-state index in [1.54, 1.807) is 36.3 Å². The Morgan fingerprint density at radius 2 is 1.52 bits per heavy atom. The van der Waals surface area contributed by atoms with Crippen molar-refractivity contribution in [2.45, 2.75) is 67.7 Å². The number of aromatic nitrogens is 2. The van der Waals surface area contributed by atoms with Crippen molar-refractivity contribution in [2.24, 2.45) is 0 Å². The largest absolute Gasteiger partial charge is 0.478 e. The van der Waals surface area contributed by atoms with Gasteiger partial charge in [-0.15, -0.1) is 23.5 Å². The van der Waals surface area contributed by atoms with Crippen LogP contribution in [-0.4, -0.2) is 36.7 Å². The van der Waals surface area contributed by atoms with E-state index in [0.29, 0.717) is 15.5 Å². The second kappa shape index (κ2) is 12.8. The van der Waals surface area contributed by atoms with Gasteiger partial charge in [0, 0.05) is 28.5 Å². The lowest BCUT2D eigenvalue weighted by atomic mass is 10.3. The molecule has 2 N–H and O–H groups in total. The Labute approximate surface area is 170 Å². The molecule has 27 heavy (non-hydrogen) atoms. The number of hydrogen-bond donors (Lipinski definition) is 2. The van der Waals surface area contributed by atoms with Crippen LogP contribution >= 0.6 is 23.5 Å². The minimum absolute atomic E-state index is 0.0760. The highest BCUT2D eigenvalue weighted by molar-refractivity contribution is 8.00. The van der Waals surface area contributed by atoms with Gasteiger partial charge in [0.1, 0.15) is 10.1 Å². The average Bonchev–Trinajstić information content (AvgIpc) is 2.68. The number of aliphatic hydroxyl groups excluding tert-OH is 1. The molecular weight excluding hydrogens is 380 g/mol. The summed E-state index contributed by atoms with van der Waals surface area (Å²) >= 11 is 3.23. The molecule has 5 nitrogen and oxygen atoms in total. The second-order valence-corrected chi connectivity index (χ2v) is 8.81. The van der Waals surface area contributed by atoms with Gasteiger partial charge < -0.3 is 10.2 Å². The topological polar surface area (TPSA) is 83.3 Å². The second-order valence-electron chi connectivity index (χ2n) is 5.96. The van der Waals surface area contributed by atoms with Gasteiger partial charge in [-0.2, -0.15) is 0 Å². The Balaban J connectivity index is 0.000000271. The van der Waals surface area contributed by atoms with Crippen molar-refractivity contribution in [3.63, 3.8) is 0 Å². The first-order valence-electron chi connectivity index (χ1n) is 8.99. The number of thioether (sulfide) groups is 2. The predicted octanol–water partition coefficient (Wildman–Crippen LogP) is 5.13. The monoisotopic (exact) mass is 408 g/mol.